The molecular formula is C22H24O7S. The van der Waals surface area contributed by atoms with Crippen LogP contribution in [0.3, 0.4) is 0 Å². The van der Waals surface area contributed by atoms with Crippen molar-refractivity contribution in [3.8, 4) is 5.75 Å². The van der Waals surface area contributed by atoms with E-state index in [0.717, 1.165) is 11.8 Å². The summed E-state index contributed by atoms with van der Waals surface area (Å²) in [6.45, 7) is -0.241. The van der Waals surface area contributed by atoms with Gasteiger partial charge in [-0.3, -0.25) is 9.59 Å². The lowest BCUT2D eigenvalue weighted by atomic mass is 9.99. The lowest BCUT2D eigenvalue weighted by molar-refractivity contribution is -0.143. The standard InChI is InChI=1S/C22H24O7S/c1-27-19(24)9-10-30-22(17-7-3-5-15(11-17)13-23)21(26)16-6-4-8-18(12-16)29-14-20(25)28-2/h3-8,11-13,21-22,26H,9-10,14H2,1-2H3. The van der Waals surface area contributed by atoms with Crippen molar-refractivity contribution in [2.75, 3.05) is 26.6 Å². The minimum atomic E-state index is -0.948. The number of aliphatic hydroxyl groups excluding tert-OH is 1. The number of ether oxygens (including phenoxy) is 3. The molecule has 0 aliphatic rings. The molecule has 0 saturated heterocycles. The van der Waals surface area contributed by atoms with E-state index in [1.165, 1.54) is 26.0 Å². The van der Waals surface area contributed by atoms with Crippen LogP contribution in [0.5, 0.6) is 5.75 Å². The Bertz CT molecular complexity index is 868. The van der Waals surface area contributed by atoms with Crippen LogP contribution in [0.4, 0.5) is 0 Å². The third-order valence-electron chi connectivity index (χ3n) is 4.28. The predicted molar refractivity (Wildman–Crippen MR) is 113 cm³/mol. The molecule has 160 valence electrons. The van der Waals surface area contributed by atoms with Crippen LogP contribution in [0.25, 0.3) is 0 Å². The molecular weight excluding hydrogens is 408 g/mol. The molecule has 0 heterocycles. The fourth-order valence-electron chi connectivity index (χ4n) is 2.71. The number of hydrogen-bond acceptors (Lipinski definition) is 8. The van der Waals surface area contributed by atoms with Crippen molar-refractivity contribution in [1.82, 2.24) is 0 Å². The maximum absolute atomic E-state index is 11.5. The Morgan fingerprint density at radius 3 is 2.43 bits per heavy atom. The number of aldehydes is 1. The third-order valence-corrected chi connectivity index (χ3v) is 5.61. The summed E-state index contributed by atoms with van der Waals surface area (Å²) in [6, 6.07) is 13.7. The molecule has 0 spiro atoms. The van der Waals surface area contributed by atoms with Gasteiger partial charge in [-0.1, -0.05) is 30.3 Å². The van der Waals surface area contributed by atoms with Gasteiger partial charge in [-0.25, -0.2) is 4.79 Å². The second kappa shape index (κ2) is 12.0. The van der Waals surface area contributed by atoms with Gasteiger partial charge in [0.25, 0.3) is 0 Å². The highest BCUT2D eigenvalue weighted by atomic mass is 32.2. The summed E-state index contributed by atoms with van der Waals surface area (Å²) in [4.78, 5) is 33.9. The first-order valence-corrected chi connectivity index (χ1v) is 10.2. The lowest BCUT2D eigenvalue weighted by Crippen LogP contribution is -2.13. The summed E-state index contributed by atoms with van der Waals surface area (Å²) in [6.07, 6.45) is -0.0101. The summed E-state index contributed by atoms with van der Waals surface area (Å²) in [5, 5.41) is 10.7. The number of methoxy groups -OCH3 is 2. The van der Waals surface area contributed by atoms with Gasteiger partial charge in [0.2, 0.25) is 0 Å². The number of rotatable bonds is 11. The summed E-state index contributed by atoms with van der Waals surface area (Å²) >= 11 is 1.39. The molecule has 7 nitrogen and oxygen atoms in total. The summed E-state index contributed by atoms with van der Waals surface area (Å²) < 4.78 is 14.6. The molecule has 8 heteroatoms. The SMILES string of the molecule is COC(=O)CCSC(c1cccc(C=O)c1)C(O)c1cccc(OCC(=O)OC)c1. The Balaban J connectivity index is 2.24. The largest absolute Gasteiger partial charge is 0.482 e. The van der Waals surface area contributed by atoms with E-state index in [1.54, 1.807) is 42.5 Å². The highest BCUT2D eigenvalue weighted by molar-refractivity contribution is 7.99. The minimum absolute atomic E-state index is 0.194. The van der Waals surface area contributed by atoms with E-state index in [-0.39, 0.29) is 19.0 Å². The number of aliphatic hydroxyl groups is 1. The van der Waals surface area contributed by atoms with E-state index in [9.17, 15) is 19.5 Å². The molecule has 0 aromatic heterocycles. The second-order valence-corrected chi connectivity index (χ2v) is 7.54. The fraction of sp³-hybridized carbons (Fsp3) is 0.318. The molecule has 0 saturated carbocycles. The third kappa shape index (κ3) is 6.89. The van der Waals surface area contributed by atoms with E-state index in [0.29, 0.717) is 22.6 Å². The molecule has 0 radical (unpaired) electrons. The molecule has 0 bridgehead atoms. The molecule has 0 aliphatic heterocycles. The molecule has 2 rings (SSSR count). The fourth-order valence-corrected chi connectivity index (χ4v) is 3.93. The maximum Gasteiger partial charge on any atom is 0.343 e. The Hall–Kier alpha value is -2.84. The molecule has 2 aromatic carbocycles. The first-order valence-electron chi connectivity index (χ1n) is 9.19. The Labute approximate surface area is 179 Å². The van der Waals surface area contributed by atoms with Crippen LogP contribution in [0.15, 0.2) is 48.5 Å². The van der Waals surface area contributed by atoms with E-state index in [4.69, 9.17) is 4.74 Å². The van der Waals surface area contributed by atoms with Crippen molar-refractivity contribution < 1.29 is 33.7 Å². The Morgan fingerprint density at radius 1 is 1.03 bits per heavy atom. The van der Waals surface area contributed by atoms with Crippen molar-refractivity contribution in [3.05, 3.63) is 65.2 Å². The number of carbonyl (C=O) groups is 3. The van der Waals surface area contributed by atoms with Gasteiger partial charge in [0.15, 0.2) is 6.61 Å². The molecule has 2 aromatic rings. The predicted octanol–water partition coefficient (Wildman–Crippen LogP) is 3.12. The average molecular weight is 432 g/mol. The van der Waals surface area contributed by atoms with Gasteiger partial charge >= 0.3 is 11.9 Å². The van der Waals surface area contributed by atoms with Crippen LogP contribution in [0.2, 0.25) is 0 Å². The molecule has 0 aliphatic carbocycles. The van der Waals surface area contributed by atoms with Crippen molar-refractivity contribution in [2.45, 2.75) is 17.8 Å². The summed E-state index contributed by atoms with van der Waals surface area (Å²) in [5.74, 6) is -0.00603. The van der Waals surface area contributed by atoms with Crippen LogP contribution in [-0.4, -0.2) is 49.9 Å². The van der Waals surface area contributed by atoms with Crippen molar-refractivity contribution in [3.63, 3.8) is 0 Å². The van der Waals surface area contributed by atoms with Gasteiger partial charge < -0.3 is 19.3 Å². The maximum atomic E-state index is 11.5. The first-order chi connectivity index (χ1) is 14.5. The van der Waals surface area contributed by atoms with Crippen molar-refractivity contribution >= 4 is 30.0 Å². The molecule has 0 fully saturated rings. The van der Waals surface area contributed by atoms with Crippen LogP contribution < -0.4 is 4.74 Å². The highest BCUT2D eigenvalue weighted by Crippen LogP contribution is 2.41. The number of benzene rings is 2. The normalized spacial score (nSPS) is 12.5. The van der Waals surface area contributed by atoms with Crippen LogP contribution in [0.1, 0.15) is 39.3 Å². The van der Waals surface area contributed by atoms with Crippen LogP contribution in [-0.2, 0) is 19.1 Å². The number of hydrogen-bond donors (Lipinski definition) is 1. The van der Waals surface area contributed by atoms with Crippen LogP contribution >= 0.6 is 11.8 Å². The van der Waals surface area contributed by atoms with E-state index in [2.05, 4.69) is 9.47 Å². The van der Waals surface area contributed by atoms with Gasteiger partial charge in [0.1, 0.15) is 12.0 Å². The summed E-state index contributed by atoms with van der Waals surface area (Å²) in [5.41, 5.74) is 1.82. The van der Waals surface area contributed by atoms with Crippen molar-refractivity contribution in [1.29, 1.82) is 0 Å². The number of thioether (sulfide) groups is 1. The minimum Gasteiger partial charge on any atom is -0.482 e. The van der Waals surface area contributed by atoms with Gasteiger partial charge in [-0.05, 0) is 29.3 Å². The number of esters is 2. The van der Waals surface area contributed by atoms with Gasteiger partial charge in [0, 0.05) is 11.3 Å². The first kappa shape index (κ1) is 23.4. The zero-order chi connectivity index (χ0) is 21.9. The smallest absolute Gasteiger partial charge is 0.343 e. The zero-order valence-corrected chi connectivity index (χ0v) is 17.6. The lowest BCUT2D eigenvalue weighted by Gasteiger charge is -2.24. The van der Waals surface area contributed by atoms with E-state index in [1.807, 2.05) is 6.07 Å². The zero-order valence-electron chi connectivity index (χ0n) is 16.8. The van der Waals surface area contributed by atoms with Gasteiger partial charge in [-0.2, -0.15) is 11.8 Å². The van der Waals surface area contributed by atoms with Crippen molar-refractivity contribution in [2.24, 2.45) is 0 Å². The summed E-state index contributed by atoms with van der Waals surface area (Å²) in [7, 11) is 2.60. The highest BCUT2D eigenvalue weighted by Gasteiger charge is 2.24. The molecule has 1 N–H and O–H groups in total. The monoisotopic (exact) mass is 432 g/mol. The van der Waals surface area contributed by atoms with Crippen LogP contribution in [0, 0.1) is 0 Å². The number of carbonyl (C=O) groups excluding carboxylic acids is 3. The Kier molecular flexibility index (Phi) is 9.37. The second-order valence-electron chi connectivity index (χ2n) is 6.29. The molecule has 2 atom stereocenters. The van der Waals surface area contributed by atoms with E-state index < -0.39 is 17.3 Å². The van der Waals surface area contributed by atoms with Gasteiger partial charge in [-0.15, -0.1) is 0 Å². The quantitative estimate of drug-likeness (QED) is 0.427. The molecule has 0 amide bonds. The molecule has 2 unspecified atom stereocenters. The topological polar surface area (TPSA) is 99.1 Å². The average Bonchev–Trinajstić information content (AvgIpc) is 2.79. The molecule has 30 heavy (non-hydrogen) atoms. The van der Waals surface area contributed by atoms with Gasteiger partial charge in [0.05, 0.1) is 32.0 Å². The van der Waals surface area contributed by atoms with E-state index >= 15 is 0 Å². The Morgan fingerprint density at radius 2 is 1.73 bits per heavy atom.